The van der Waals surface area contributed by atoms with Gasteiger partial charge in [-0.05, 0) is 28.7 Å². The van der Waals surface area contributed by atoms with Gasteiger partial charge >= 0.3 is 22.1 Å². The summed E-state index contributed by atoms with van der Waals surface area (Å²) in [6.45, 7) is -1.73. The van der Waals surface area contributed by atoms with Gasteiger partial charge in [0.15, 0.2) is 16.5 Å². The lowest BCUT2D eigenvalue weighted by Gasteiger charge is -2.45. The van der Waals surface area contributed by atoms with Crippen LogP contribution in [-0.2, 0) is 29.2 Å². The van der Waals surface area contributed by atoms with E-state index in [-0.39, 0.29) is 24.4 Å². The van der Waals surface area contributed by atoms with Crippen molar-refractivity contribution in [3.8, 4) is 5.75 Å². The second kappa shape index (κ2) is 10.6. The highest BCUT2D eigenvalue weighted by molar-refractivity contribution is 7.85. The Labute approximate surface area is 225 Å². The third-order valence-corrected chi connectivity index (χ3v) is 7.85. The minimum absolute atomic E-state index is 0.00911. The summed E-state index contributed by atoms with van der Waals surface area (Å²) in [6, 6.07) is 16.2. The Morgan fingerprint density at radius 3 is 1.82 bits per heavy atom. The van der Waals surface area contributed by atoms with Crippen molar-refractivity contribution in [2.75, 3.05) is 19.8 Å². The summed E-state index contributed by atoms with van der Waals surface area (Å²) in [7, 11) is -5.67. The first kappa shape index (κ1) is 27.7. The van der Waals surface area contributed by atoms with E-state index in [4.69, 9.17) is 14.0 Å². The molecule has 3 aromatic carbocycles. The minimum Gasteiger partial charge on any atom is -0.464 e. The number of fused-ring (bicyclic) bond motifs is 1. The van der Waals surface area contributed by atoms with E-state index in [1.165, 1.54) is 22.3 Å². The summed E-state index contributed by atoms with van der Waals surface area (Å²) in [5, 5.41) is 0. The number of benzene rings is 3. The van der Waals surface area contributed by atoms with Crippen LogP contribution in [0.5, 0.6) is 5.75 Å². The fourth-order valence-corrected chi connectivity index (χ4v) is 6.07. The van der Waals surface area contributed by atoms with E-state index in [0.29, 0.717) is 0 Å². The molecular formula is C27H20F4O8S. The summed E-state index contributed by atoms with van der Waals surface area (Å²) in [5.74, 6) is -13.8. The van der Waals surface area contributed by atoms with Crippen molar-refractivity contribution in [1.82, 2.24) is 0 Å². The molecule has 0 aromatic heterocycles. The van der Waals surface area contributed by atoms with Gasteiger partial charge in [-0.25, -0.2) is 18.4 Å². The lowest BCUT2D eigenvalue weighted by atomic mass is 9.59. The molecule has 40 heavy (non-hydrogen) atoms. The normalized spacial score (nSPS) is 19.1. The molecule has 210 valence electrons. The maximum Gasteiger partial charge on any atom is 0.337 e. The highest BCUT2D eigenvalue weighted by Crippen LogP contribution is 2.55. The summed E-state index contributed by atoms with van der Waals surface area (Å²) in [5.41, 5.74) is 4.84. The van der Waals surface area contributed by atoms with Gasteiger partial charge in [-0.1, -0.05) is 48.5 Å². The van der Waals surface area contributed by atoms with Gasteiger partial charge in [-0.2, -0.15) is 17.2 Å². The van der Waals surface area contributed by atoms with E-state index >= 15 is 0 Å². The summed E-state index contributed by atoms with van der Waals surface area (Å²) < 4.78 is 101. The van der Waals surface area contributed by atoms with Crippen LogP contribution in [0.4, 0.5) is 17.6 Å². The third-order valence-electron chi connectivity index (χ3n) is 6.98. The third kappa shape index (κ3) is 4.95. The van der Waals surface area contributed by atoms with E-state index < -0.39 is 69.2 Å². The van der Waals surface area contributed by atoms with Crippen LogP contribution >= 0.6 is 0 Å². The van der Waals surface area contributed by atoms with Crippen molar-refractivity contribution in [2.45, 2.75) is 23.2 Å². The quantitative estimate of drug-likeness (QED) is 0.138. The zero-order chi connectivity index (χ0) is 28.8. The van der Waals surface area contributed by atoms with Crippen molar-refractivity contribution < 1.29 is 54.3 Å². The summed E-state index contributed by atoms with van der Waals surface area (Å²) in [6.07, 6.45) is 0.764. The maximum absolute atomic E-state index is 14.0. The minimum atomic E-state index is -5.67. The summed E-state index contributed by atoms with van der Waals surface area (Å²) >= 11 is 0. The van der Waals surface area contributed by atoms with Gasteiger partial charge < -0.3 is 14.2 Å². The Morgan fingerprint density at radius 1 is 0.800 bits per heavy atom. The van der Waals surface area contributed by atoms with E-state index in [2.05, 4.69) is 29.0 Å². The number of esters is 2. The van der Waals surface area contributed by atoms with Crippen LogP contribution in [0.2, 0.25) is 0 Å². The average Bonchev–Trinajstić information content (AvgIpc) is 2.92. The molecule has 8 nitrogen and oxygen atoms in total. The molecule has 2 bridgehead atoms. The Hall–Kier alpha value is -3.81. The summed E-state index contributed by atoms with van der Waals surface area (Å²) in [4.78, 5) is 21.9. The van der Waals surface area contributed by atoms with Gasteiger partial charge in [0, 0.05) is 17.8 Å². The van der Waals surface area contributed by atoms with Crippen LogP contribution in [0, 0.1) is 29.2 Å². The Bertz CT molecular complexity index is 1550. The molecule has 1 N–H and O–H groups in total. The standard InChI is InChI=1S/C27H20F4O8S/c28-22-24(30)27(40(34,35)36)25(31)23(29)26(22)39-20(33)12-37-11-19(32)38-10-13-9-18-14-5-1-3-7-16(14)21(13)17-8-4-2-6-15(17)18/h1-8,13,18,21H,9-12H2,(H,34,35,36). The average molecular weight is 581 g/mol. The molecule has 1 unspecified atom stereocenters. The first-order chi connectivity index (χ1) is 19.0. The van der Waals surface area contributed by atoms with Gasteiger partial charge in [-0.3, -0.25) is 4.55 Å². The van der Waals surface area contributed by atoms with Gasteiger partial charge in [0.05, 0.1) is 6.61 Å². The van der Waals surface area contributed by atoms with Crippen LogP contribution in [0.15, 0.2) is 53.4 Å². The van der Waals surface area contributed by atoms with Gasteiger partial charge in [0.2, 0.25) is 17.4 Å². The van der Waals surface area contributed by atoms with Gasteiger partial charge in [0.25, 0.3) is 0 Å². The molecule has 6 rings (SSSR count). The molecule has 3 aliphatic carbocycles. The smallest absolute Gasteiger partial charge is 0.337 e. The molecule has 1 atom stereocenters. The largest absolute Gasteiger partial charge is 0.464 e. The number of carbonyl (C=O) groups is 2. The molecule has 0 fully saturated rings. The van der Waals surface area contributed by atoms with Crippen LogP contribution in [0.1, 0.15) is 40.5 Å². The lowest BCUT2D eigenvalue weighted by molar-refractivity contribution is -0.153. The van der Waals surface area contributed by atoms with Crippen molar-refractivity contribution in [2.24, 2.45) is 5.92 Å². The van der Waals surface area contributed by atoms with Crippen LogP contribution in [0.3, 0.4) is 0 Å². The Kier molecular flexibility index (Phi) is 7.38. The van der Waals surface area contributed by atoms with Crippen LogP contribution in [0.25, 0.3) is 0 Å². The predicted molar refractivity (Wildman–Crippen MR) is 128 cm³/mol. The zero-order valence-electron chi connectivity index (χ0n) is 20.4. The number of carbonyl (C=O) groups excluding carboxylic acids is 2. The van der Waals surface area contributed by atoms with Crippen molar-refractivity contribution >= 4 is 22.1 Å². The van der Waals surface area contributed by atoms with E-state index in [9.17, 15) is 35.6 Å². The molecule has 0 aliphatic heterocycles. The predicted octanol–water partition coefficient (Wildman–Crippen LogP) is 4.25. The van der Waals surface area contributed by atoms with Crippen LogP contribution in [-0.4, -0.2) is 44.7 Å². The molecule has 0 spiro atoms. The van der Waals surface area contributed by atoms with Crippen molar-refractivity contribution in [3.05, 3.63) is 94.1 Å². The topological polar surface area (TPSA) is 116 Å². The second-order valence-corrected chi connectivity index (χ2v) is 10.7. The first-order valence-electron chi connectivity index (χ1n) is 11.9. The molecule has 0 amide bonds. The van der Waals surface area contributed by atoms with E-state index in [1.54, 1.807) is 0 Å². The number of ether oxygens (including phenoxy) is 3. The number of hydrogen-bond donors (Lipinski definition) is 1. The fourth-order valence-electron chi connectivity index (χ4n) is 5.43. The lowest BCUT2D eigenvalue weighted by Crippen LogP contribution is -2.35. The number of hydrogen-bond acceptors (Lipinski definition) is 7. The van der Waals surface area contributed by atoms with Crippen molar-refractivity contribution in [3.63, 3.8) is 0 Å². The number of halogens is 4. The molecule has 0 saturated carbocycles. The van der Waals surface area contributed by atoms with E-state index in [0.717, 1.165) is 6.42 Å². The van der Waals surface area contributed by atoms with Crippen molar-refractivity contribution in [1.29, 1.82) is 0 Å². The molecule has 3 aliphatic rings. The van der Waals surface area contributed by atoms with Crippen LogP contribution < -0.4 is 4.74 Å². The highest BCUT2D eigenvalue weighted by atomic mass is 32.2. The first-order valence-corrected chi connectivity index (χ1v) is 13.4. The monoisotopic (exact) mass is 580 g/mol. The molecule has 13 heteroatoms. The SMILES string of the molecule is O=C(COCC(=O)Oc1c(F)c(F)c(S(=O)(=O)O)c(F)c1F)OCC1CC2c3ccccc3C1c1ccccc12. The Balaban J connectivity index is 1.17. The molecule has 0 saturated heterocycles. The van der Waals surface area contributed by atoms with Gasteiger partial charge in [0.1, 0.15) is 13.2 Å². The Morgan fingerprint density at radius 2 is 1.30 bits per heavy atom. The molecular weight excluding hydrogens is 560 g/mol. The molecule has 0 heterocycles. The molecule has 0 radical (unpaired) electrons. The highest BCUT2D eigenvalue weighted by Gasteiger charge is 2.43. The maximum atomic E-state index is 14.0. The second-order valence-electron chi connectivity index (χ2n) is 9.32. The number of rotatable bonds is 8. The molecule has 3 aromatic rings. The zero-order valence-corrected chi connectivity index (χ0v) is 21.2. The van der Waals surface area contributed by atoms with E-state index in [1.807, 2.05) is 24.3 Å². The van der Waals surface area contributed by atoms with Gasteiger partial charge in [-0.15, -0.1) is 0 Å². The fraction of sp³-hybridized carbons (Fsp3) is 0.259.